The van der Waals surface area contributed by atoms with Gasteiger partial charge in [-0.25, -0.2) is 13.2 Å². The van der Waals surface area contributed by atoms with Crippen molar-refractivity contribution in [3.63, 3.8) is 0 Å². The van der Waals surface area contributed by atoms with Gasteiger partial charge in [0.05, 0.1) is 21.7 Å². The minimum Gasteiger partial charge on any atom is -0.478 e. The van der Waals surface area contributed by atoms with Crippen LogP contribution in [-0.4, -0.2) is 62.6 Å². The zero-order valence-electron chi connectivity index (χ0n) is 18.3. The smallest absolute Gasteiger partial charge is 0.335 e. The lowest BCUT2D eigenvalue weighted by Gasteiger charge is -2.27. The molecule has 0 saturated carbocycles. The number of carboxylic acid groups (broad SMARTS) is 1. The molecule has 1 aromatic heterocycles. The Hall–Kier alpha value is -2.97. The molecule has 1 aliphatic rings. The summed E-state index contributed by atoms with van der Waals surface area (Å²) in [7, 11) is -1.81. The highest BCUT2D eigenvalue weighted by Crippen LogP contribution is 2.36. The lowest BCUT2D eigenvalue weighted by Crippen LogP contribution is -2.30. The van der Waals surface area contributed by atoms with Crippen molar-refractivity contribution in [2.24, 2.45) is 0 Å². The first kappa shape index (κ1) is 22.2. The second kappa shape index (κ2) is 8.88. The van der Waals surface area contributed by atoms with Crippen LogP contribution in [0.25, 0.3) is 10.9 Å². The van der Waals surface area contributed by atoms with E-state index in [9.17, 15) is 18.3 Å². The van der Waals surface area contributed by atoms with Crippen LogP contribution in [0.2, 0.25) is 0 Å². The quantitative estimate of drug-likeness (QED) is 0.632. The van der Waals surface area contributed by atoms with Gasteiger partial charge in [-0.15, -0.1) is 0 Å². The Labute approximate surface area is 188 Å². The number of anilines is 1. The fourth-order valence-corrected chi connectivity index (χ4v) is 5.55. The van der Waals surface area contributed by atoms with E-state index in [2.05, 4.69) is 14.8 Å². The molecule has 2 heterocycles. The Bertz CT molecular complexity index is 1260. The Kier molecular flexibility index (Phi) is 6.17. The molecule has 1 N–H and O–H groups in total. The number of aromatic nitrogens is 1. The third kappa shape index (κ3) is 4.20. The van der Waals surface area contributed by atoms with Crippen LogP contribution in [0, 0.1) is 0 Å². The summed E-state index contributed by atoms with van der Waals surface area (Å²) in [6, 6.07) is 11.6. The Balaban J connectivity index is 1.95. The maximum atomic E-state index is 13.7. The molecule has 2 aromatic carbocycles. The molecule has 0 atom stereocenters. The Morgan fingerprint density at radius 1 is 1.06 bits per heavy atom. The van der Waals surface area contributed by atoms with Gasteiger partial charge in [-0.3, -0.25) is 4.98 Å². The lowest BCUT2D eigenvalue weighted by atomic mass is 10.1. The van der Waals surface area contributed by atoms with Gasteiger partial charge in [0.15, 0.2) is 0 Å². The molecule has 7 nitrogen and oxygen atoms in total. The number of carboxylic acids is 1. The van der Waals surface area contributed by atoms with Crippen LogP contribution in [0.15, 0.2) is 58.5 Å². The van der Waals surface area contributed by atoms with E-state index in [4.69, 9.17) is 0 Å². The second-order valence-electron chi connectivity index (χ2n) is 8.15. The van der Waals surface area contributed by atoms with Crippen molar-refractivity contribution >= 4 is 32.4 Å². The monoisotopic (exact) mass is 453 g/mol. The Morgan fingerprint density at radius 2 is 1.81 bits per heavy atom. The van der Waals surface area contributed by atoms with Gasteiger partial charge in [0.1, 0.15) is 4.90 Å². The van der Waals surface area contributed by atoms with Crippen LogP contribution >= 0.6 is 0 Å². The molecule has 0 radical (unpaired) electrons. The minimum absolute atomic E-state index is 0.106. The number of rotatable bonds is 5. The molecule has 32 heavy (non-hydrogen) atoms. The van der Waals surface area contributed by atoms with Gasteiger partial charge >= 0.3 is 5.97 Å². The number of likely N-dealkylation sites (N-methyl/N-ethyl adjacent to an activating group) is 1. The molecule has 1 saturated heterocycles. The first-order valence-corrected chi connectivity index (χ1v) is 12.2. The Morgan fingerprint density at radius 3 is 2.50 bits per heavy atom. The van der Waals surface area contributed by atoms with Crippen LogP contribution in [0.1, 0.15) is 29.3 Å². The van der Waals surface area contributed by atoms with E-state index >= 15 is 0 Å². The van der Waals surface area contributed by atoms with Crippen molar-refractivity contribution < 1.29 is 18.3 Å². The number of sulfone groups is 1. The standard InChI is InChI=1S/C24H27N3O4S/c1-3-17-5-8-19(9-6-17)32(30,31)22-16-25-21-10-7-18(24(28)29)15-20(21)23(22)27-12-4-11-26(2)13-14-27/h5-10,15-16H,3-4,11-14H2,1-2H3,(H,28,29). The lowest BCUT2D eigenvalue weighted by molar-refractivity contribution is 0.0697. The van der Waals surface area contributed by atoms with Gasteiger partial charge in [0, 0.05) is 31.2 Å². The van der Waals surface area contributed by atoms with Gasteiger partial charge in [-0.05, 0) is 62.3 Å². The molecule has 0 spiro atoms. The molecule has 1 aliphatic heterocycles. The van der Waals surface area contributed by atoms with Crippen LogP contribution < -0.4 is 4.90 Å². The number of pyridine rings is 1. The predicted octanol–water partition coefficient (Wildman–Crippen LogP) is 3.47. The third-order valence-corrected chi connectivity index (χ3v) is 7.79. The molecule has 0 amide bonds. The van der Waals surface area contributed by atoms with E-state index in [1.807, 2.05) is 26.1 Å². The molecule has 4 rings (SSSR count). The number of aromatic carboxylic acids is 1. The fraction of sp³-hybridized carbons (Fsp3) is 0.333. The largest absolute Gasteiger partial charge is 0.478 e. The maximum Gasteiger partial charge on any atom is 0.335 e. The molecule has 168 valence electrons. The first-order chi connectivity index (χ1) is 15.3. The third-order valence-electron chi connectivity index (χ3n) is 6.02. The summed E-state index contributed by atoms with van der Waals surface area (Å²) in [6.07, 6.45) is 3.11. The number of aryl methyl sites for hydroxylation is 1. The topological polar surface area (TPSA) is 90.8 Å². The average Bonchev–Trinajstić information content (AvgIpc) is 3.02. The SMILES string of the molecule is CCc1ccc(S(=O)(=O)c2cnc3ccc(C(=O)O)cc3c2N2CCCN(C)CC2)cc1. The van der Waals surface area contributed by atoms with Gasteiger partial charge in [0.25, 0.3) is 0 Å². The van der Waals surface area contributed by atoms with Crippen molar-refractivity contribution in [3.8, 4) is 0 Å². The van der Waals surface area contributed by atoms with Gasteiger partial charge in [-0.1, -0.05) is 19.1 Å². The predicted molar refractivity (Wildman–Crippen MR) is 124 cm³/mol. The number of hydrogen-bond donors (Lipinski definition) is 1. The minimum atomic E-state index is -3.86. The number of fused-ring (bicyclic) bond motifs is 1. The van der Waals surface area contributed by atoms with Crippen LogP contribution in [0.4, 0.5) is 5.69 Å². The molecule has 3 aromatic rings. The first-order valence-electron chi connectivity index (χ1n) is 10.7. The summed E-state index contributed by atoms with van der Waals surface area (Å²) in [5, 5.41) is 10.1. The molecule has 0 bridgehead atoms. The van der Waals surface area contributed by atoms with E-state index in [0.29, 0.717) is 29.7 Å². The van der Waals surface area contributed by atoms with Crippen molar-refractivity contribution in [1.29, 1.82) is 0 Å². The number of benzene rings is 2. The zero-order chi connectivity index (χ0) is 22.9. The van der Waals surface area contributed by atoms with Crippen LogP contribution in [0.3, 0.4) is 0 Å². The summed E-state index contributed by atoms with van der Waals surface area (Å²) in [4.78, 5) is 20.6. The number of hydrogen-bond acceptors (Lipinski definition) is 6. The highest BCUT2D eigenvalue weighted by molar-refractivity contribution is 7.91. The van der Waals surface area contributed by atoms with E-state index in [1.165, 1.54) is 18.3 Å². The van der Waals surface area contributed by atoms with E-state index in [-0.39, 0.29) is 15.4 Å². The normalized spacial score (nSPS) is 15.6. The van der Waals surface area contributed by atoms with E-state index < -0.39 is 15.8 Å². The van der Waals surface area contributed by atoms with Crippen molar-refractivity contribution in [2.75, 3.05) is 38.1 Å². The molecular weight excluding hydrogens is 426 g/mol. The van der Waals surface area contributed by atoms with Crippen LogP contribution in [-0.2, 0) is 16.3 Å². The van der Waals surface area contributed by atoms with Crippen molar-refractivity contribution in [3.05, 3.63) is 59.8 Å². The number of nitrogens with zero attached hydrogens (tertiary/aromatic N) is 3. The average molecular weight is 454 g/mol. The summed E-state index contributed by atoms with van der Waals surface area (Å²) in [5.74, 6) is -1.06. The van der Waals surface area contributed by atoms with E-state index in [1.54, 1.807) is 18.2 Å². The molecule has 0 unspecified atom stereocenters. The molecule has 0 aliphatic carbocycles. The molecular formula is C24H27N3O4S. The van der Waals surface area contributed by atoms with Gasteiger partial charge in [-0.2, -0.15) is 0 Å². The zero-order valence-corrected chi connectivity index (χ0v) is 19.1. The fourth-order valence-electron chi connectivity index (χ4n) is 4.12. The summed E-state index contributed by atoms with van der Waals surface area (Å²) in [6.45, 7) is 5.04. The summed E-state index contributed by atoms with van der Waals surface area (Å²) in [5.41, 5.74) is 2.27. The number of carbonyl (C=O) groups is 1. The highest BCUT2D eigenvalue weighted by Gasteiger charge is 2.28. The van der Waals surface area contributed by atoms with Crippen molar-refractivity contribution in [2.45, 2.75) is 29.6 Å². The molecule has 8 heteroatoms. The van der Waals surface area contributed by atoms with Crippen LogP contribution in [0.5, 0.6) is 0 Å². The van der Waals surface area contributed by atoms with Gasteiger partial charge in [0.2, 0.25) is 9.84 Å². The maximum absolute atomic E-state index is 13.7. The van der Waals surface area contributed by atoms with E-state index in [0.717, 1.165) is 31.5 Å². The second-order valence-corrected chi connectivity index (χ2v) is 10.1. The molecule has 1 fully saturated rings. The van der Waals surface area contributed by atoms with Crippen molar-refractivity contribution in [1.82, 2.24) is 9.88 Å². The summed E-state index contributed by atoms with van der Waals surface area (Å²) >= 11 is 0. The highest BCUT2D eigenvalue weighted by atomic mass is 32.2. The van der Waals surface area contributed by atoms with Gasteiger partial charge < -0.3 is 14.9 Å². The summed E-state index contributed by atoms with van der Waals surface area (Å²) < 4.78 is 27.4.